The third kappa shape index (κ3) is 2.89. The van der Waals surface area contributed by atoms with E-state index in [1.165, 1.54) is 18.4 Å². The number of thiophene rings is 1. The van der Waals surface area contributed by atoms with Gasteiger partial charge in [0.25, 0.3) is 0 Å². The number of hydrogen-bond acceptors (Lipinski definition) is 4. The second-order valence-electron chi connectivity index (χ2n) is 7.80. The molecule has 0 unspecified atom stereocenters. The molecule has 0 radical (unpaired) electrons. The van der Waals surface area contributed by atoms with Crippen LogP contribution in [-0.2, 0) is 14.9 Å². The maximum atomic E-state index is 13.9. The van der Waals surface area contributed by atoms with Crippen LogP contribution < -0.4 is 5.32 Å². The lowest BCUT2D eigenvalue weighted by atomic mass is 9.69. The van der Waals surface area contributed by atoms with Crippen LogP contribution >= 0.6 is 11.3 Å². The Balaban J connectivity index is 1.91. The van der Waals surface area contributed by atoms with Crippen molar-refractivity contribution >= 4 is 28.9 Å². The number of ether oxygens (including phenoxy) is 1. The van der Waals surface area contributed by atoms with Gasteiger partial charge in [0.15, 0.2) is 0 Å². The summed E-state index contributed by atoms with van der Waals surface area (Å²) in [6.07, 6.45) is 0. The summed E-state index contributed by atoms with van der Waals surface area (Å²) in [5, 5.41) is 3.04. The van der Waals surface area contributed by atoms with Crippen LogP contribution in [0.4, 0.5) is 5.69 Å². The highest BCUT2D eigenvalue weighted by Gasteiger charge is 2.53. The predicted molar refractivity (Wildman–Crippen MR) is 127 cm³/mol. The molecule has 0 aliphatic carbocycles. The van der Waals surface area contributed by atoms with Crippen LogP contribution in [-0.4, -0.2) is 19.0 Å². The van der Waals surface area contributed by atoms with Gasteiger partial charge in [-0.3, -0.25) is 4.79 Å². The Morgan fingerprint density at radius 2 is 1.44 bits per heavy atom. The summed E-state index contributed by atoms with van der Waals surface area (Å²) in [7, 11) is 1.36. The third-order valence-corrected chi connectivity index (χ3v) is 7.18. The van der Waals surface area contributed by atoms with E-state index in [1.54, 1.807) is 0 Å². The van der Waals surface area contributed by atoms with Crippen LogP contribution in [0.5, 0.6) is 0 Å². The summed E-state index contributed by atoms with van der Waals surface area (Å²) >= 11 is 1.36. The first-order valence-electron chi connectivity index (χ1n) is 10.3. The van der Waals surface area contributed by atoms with Gasteiger partial charge in [-0.25, -0.2) is 4.79 Å². The maximum Gasteiger partial charge on any atom is 0.350 e. The topological polar surface area (TPSA) is 55.4 Å². The number of amides is 1. The number of carbonyl (C=O) groups excluding carboxylic acids is 2. The number of methoxy groups -OCH3 is 1. The van der Waals surface area contributed by atoms with Gasteiger partial charge in [-0.05, 0) is 23.6 Å². The number of esters is 1. The van der Waals surface area contributed by atoms with Crippen LogP contribution in [0.2, 0.25) is 0 Å². The van der Waals surface area contributed by atoms with Gasteiger partial charge in [0.2, 0.25) is 5.91 Å². The van der Waals surface area contributed by atoms with Crippen molar-refractivity contribution in [1.29, 1.82) is 0 Å². The first-order valence-corrected chi connectivity index (χ1v) is 11.1. The van der Waals surface area contributed by atoms with Gasteiger partial charge in [-0.2, -0.15) is 0 Å². The standard InChI is InChI=1S/C27H21NO3S/c1-17-13-15-18(16-14-17)23-21-22(24(32-23)25(29)31-2)28-26(30)27(21,19-9-5-3-6-10-19)20-11-7-4-8-12-20/h3-16H,1-2H3,(H,28,30). The molecule has 32 heavy (non-hydrogen) atoms. The van der Waals surface area contributed by atoms with Crippen molar-refractivity contribution in [3.05, 3.63) is 112 Å². The number of anilines is 1. The highest BCUT2D eigenvalue weighted by Crippen LogP contribution is 2.56. The van der Waals surface area contributed by atoms with Gasteiger partial charge < -0.3 is 10.1 Å². The van der Waals surface area contributed by atoms with Gasteiger partial charge in [0.1, 0.15) is 10.3 Å². The molecule has 0 saturated heterocycles. The molecule has 1 amide bonds. The van der Waals surface area contributed by atoms with Crippen molar-refractivity contribution < 1.29 is 14.3 Å². The van der Waals surface area contributed by atoms with Crippen molar-refractivity contribution in [3.63, 3.8) is 0 Å². The molecule has 0 atom stereocenters. The van der Waals surface area contributed by atoms with Crippen LogP contribution in [0.1, 0.15) is 31.9 Å². The zero-order valence-corrected chi connectivity index (χ0v) is 18.5. The van der Waals surface area contributed by atoms with Crippen molar-refractivity contribution in [2.75, 3.05) is 12.4 Å². The largest absolute Gasteiger partial charge is 0.465 e. The summed E-state index contributed by atoms with van der Waals surface area (Å²) in [4.78, 5) is 27.8. The summed E-state index contributed by atoms with van der Waals surface area (Å²) in [5.74, 6) is -0.631. The minimum absolute atomic E-state index is 0.175. The maximum absolute atomic E-state index is 13.9. The van der Waals surface area contributed by atoms with Crippen molar-refractivity contribution in [1.82, 2.24) is 0 Å². The minimum Gasteiger partial charge on any atom is -0.465 e. The van der Waals surface area contributed by atoms with Gasteiger partial charge >= 0.3 is 5.97 Å². The molecule has 1 aliphatic rings. The molecule has 158 valence electrons. The summed E-state index contributed by atoms with van der Waals surface area (Å²) in [6, 6.07) is 27.6. The number of aryl methyl sites for hydroxylation is 1. The molecule has 1 aromatic heterocycles. The van der Waals surface area contributed by atoms with Crippen LogP contribution in [0, 0.1) is 6.92 Å². The summed E-state index contributed by atoms with van der Waals surface area (Å²) in [6.45, 7) is 2.03. The molecule has 4 aromatic rings. The Bertz CT molecular complexity index is 1270. The number of benzene rings is 3. The average molecular weight is 440 g/mol. The Hall–Kier alpha value is -3.70. The lowest BCUT2D eigenvalue weighted by molar-refractivity contribution is -0.118. The Morgan fingerprint density at radius 3 is 1.97 bits per heavy atom. The number of nitrogens with one attached hydrogen (secondary N) is 1. The second-order valence-corrected chi connectivity index (χ2v) is 8.82. The SMILES string of the molecule is COC(=O)c1sc(-c2ccc(C)cc2)c2c1NC(=O)C2(c1ccccc1)c1ccccc1. The Kier molecular flexibility index (Phi) is 4.91. The number of carbonyl (C=O) groups is 2. The second kappa shape index (κ2) is 7.77. The summed E-state index contributed by atoms with van der Waals surface area (Å²) in [5.41, 5.74) is 4.06. The van der Waals surface area contributed by atoms with Gasteiger partial charge in [0.05, 0.1) is 12.8 Å². The van der Waals surface area contributed by atoms with Crippen LogP contribution in [0.3, 0.4) is 0 Å². The van der Waals surface area contributed by atoms with Crippen molar-refractivity contribution in [2.45, 2.75) is 12.3 Å². The quantitative estimate of drug-likeness (QED) is 0.409. The number of hydrogen-bond donors (Lipinski definition) is 1. The van der Waals surface area contributed by atoms with Crippen molar-refractivity contribution in [3.8, 4) is 10.4 Å². The monoisotopic (exact) mass is 439 g/mol. The van der Waals surface area contributed by atoms with E-state index in [4.69, 9.17) is 4.74 Å². The molecule has 2 heterocycles. The van der Waals surface area contributed by atoms with E-state index in [0.717, 1.165) is 32.7 Å². The highest BCUT2D eigenvalue weighted by atomic mass is 32.1. The Morgan fingerprint density at radius 1 is 0.875 bits per heavy atom. The zero-order chi connectivity index (χ0) is 22.3. The van der Waals surface area contributed by atoms with Gasteiger partial charge in [0, 0.05) is 10.4 Å². The van der Waals surface area contributed by atoms with E-state index >= 15 is 0 Å². The average Bonchev–Trinajstić information content (AvgIpc) is 3.35. The summed E-state index contributed by atoms with van der Waals surface area (Å²) < 4.78 is 5.06. The highest BCUT2D eigenvalue weighted by molar-refractivity contribution is 7.18. The molecule has 5 rings (SSSR count). The third-order valence-electron chi connectivity index (χ3n) is 5.96. The van der Waals surface area contributed by atoms with E-state index in [9.17, 15) is 9.59 Å². The van der Waals surface area contributed by atoms with Gasteiger partial charge in [-0.1, -0.05) is 90.5 Å². The lowest BCUT2D eigenvalue weighted by Crippen LogP contribution is -2.37. The van der Waals surface area contributed by atoms with E-state index in [0.29, 0.717) is 10.6 Å². The molecular formula is C27H21NO3S. The van der Waals surface area contributed by atoms with E-state index in [1.807, 2.05) is 91.9 Å². The van der Waals surface area contributed by atoms with E-state index in [-0.39, 0.29) is 5.91 Å². The lowest BCUT2D eigenvalue weighted by Gasteiger charge is -2.29. The minimum atomic E-state index is -1.08. The number of rotatable bonds is 4. The van der Waals surface area contributed by atoms with Gasteiger partial charge in [-0.15, -0.1) is 11.3 Å². The molecule has 0 spiro atoms. The Labute approximate surface area is 190 Å². The predicted octanol–water partition coefficient (Wildman–Crippen LogP) is 5.80. The van der Waals surface area contributed by atoms with Crippen LogP contribution in [0.15, 0.2) is 84.9 Å². The molecule has 1 N–H and O–H groups in total. The van der Waals surface area contributed by atoms with E-state index < -0.39 is 11.4 Å². The first kappa shape index (κ1) is 20.2. The first-order chi connectivity index (χ1) is 15.6. The molecule has 0 bridgehead atoms. The molecule has 5 heteroatoms. The molecule has 4 nitrogen and oxygen atoms in total. The molecule has 3 aromatic carbocycles. The fraction of sp³-hybridized carbons (Fsp3) is 0.111. The molecule has 0 fully saturated rings. The van der Waals surface area contributed by atoms with Crippen LogP contribution in [0.25, 0.3) is 10.4 Å². The van der Waals surface area contributed by atoms with E-state index in [2.05, 4.69) is 5.32 Å². The fourth-order valence-electron chi connectivity index (χ4n) is 4.47. The fourth-order valence-corrected chi connectivity index (χ4v) is 5.70. The smallest absolute Gasteiger partial charge is 0.350 e. The number of fused-ring (bicyclic) bond motifs is 1. The van der Waals surface area contributed by atoms with Crippen molar-refractivity contribution in [2.24, 2.45) is 0 Å². The normalized spacial score (nSPS) is 14.0. The zero-order valence-electron chi connectivity index (χ0n) is 17.7. The molecular weight excluding hydrogens is 418 g/mol. The molecule has 0 saturated carbocycles. The molecule has 1 aliphatic heterocycles.